The van der Waals surface area contributed by atoms with E-state index in [0.717, 1.165) is 0 Å². The second-order valence-electron chi connectivity index (χ2n) is 3.72. The van der Waals surface area contributed by atoms with Crippen molar-refractivity contribution in [1.82, 2.24) is 0 Å². The number of benzene rings is 1. The number of aliphatic carboxylic acids is 1. The molecule has 0 spiro atoms. The van der Waals surface area contributed by atoms with Crippen molar-refractivity contribution in [2.45, 2.75) is 5.92 Å². The van der Waals surface area contributed by atoms with Crippen LogP contribution in [-0.2, 0) is 10.7 Å². The molecule has 100 valence electrons. The highest BCUT2D eigenvalue weighted by Crippen LogP contribution is 2.30. The van der Waals surface area contributed by atoms with Crippen molar-refractivity contribution >= 4 is 16.9 Å². The predicted octanol–water partition coefficient (Wildman–Crippen LogP) is 1.98. The number of methoxy groups -OCH3 is 1. The topological polar surface area (TPSA) is 76.7 Å². The summed E-state index contributed by atoms with van der Waals surface area (Å²) < 4.78 is 36.3. The minimum Gasteiger partial charge on any atom is -0.497 e. The lowest BCUT2D eigenvalue weighted by atomic mass is 10.1. The first kappa shape index (κ1) is 13.0. The minimum absolute atomic E-state index is 0.0609. The van der Waals surface area contributed by atoms with Gasteiger partial charge in [0, 0.05) is 12.1 Å². The molecule has 1 heterocycles. The Balaban J connectivity index is 2.73. The number of ether oxygens (including phenoxy) is 1. The zero-order valence-electron chi connectivity index (χ0n) is 9.65. The lowest BCUT2D eigenvalue weighted by Gasteiger charge is -2.10. The van der Waals surface area contributed by atoms with E-state index in [-0.39, 0.29) is 11.0 Å². The zero-order valence-corrected chi connectivity index (χ0v) is 9.65. The third-order valence-corrected chi connectivity index (χ3v) is 2.51. The van der Waals surface area contributed by atoms with Crippen molar-refractivity contribution in [3.05, 3.63) is 40.2 Å². The van der Waals surface area contributed by atoms with Gasteiger partial charge in [-0.3, -0.25) is 4.79 Å². The number of carboxylic acids is 1. The molecular formula is C12H8F2O5. The van der Waals surface area contributed by atoms with Gasteiger partial charge < -0.3 is 14.3 Å². The Morgan fingerprint density at radius 3 is 2.63 bits per heavy atom. The molecule has 1 aromatic heterocycles. The first-order valence-corrected chi connectivity index (χ1v) is 5.10. The molecule has 0 aliphatic carbocycles. The van der Waals surface area contributed by atoms with Crippen LogP contribution in [0.15, 0.2) is 33.5 Å². The zero-order chi connectivity index (χ0) is 14.2. The van der Waals surface area contributed by atoms with Gasteiger partial charge >= 0.3 is 11.9 Å². The Morgan fingerprint density at radius 2 is 2.05 bits per heavy atom. The third-order valence-electron chi connectivity index (χ3n) is 2.51. The summed E-state index contributed by atoms with van der Waals surface area (Å²) in [6.07, 6.45) is 0. The first-order valence-electron chi connectivity index (χ1n) is 5.10. The summed E-state index contributed by atoms with van der Waals surface area (Å²) in [4.78, 5) is 22.1. The summed E-state index contributed by atoms with van der Waals surface area (Å²) in [6.45, 7) is 0. The average Bonchev–Trinajstić information content (AvgIpc) is 2.37. The van der Waals surface area contributed by atoms with Crippen LogP contribution in [0.25, 0.3) is 11.0 Å². The van der Waals surface area contributed by atoms with Crippen molar-refractivity contribution in [1.29, 1.82) is 0 Å². The van der Waals surface area contributed by atoms with Crippen molar-refractivity contribution in [3.8, 4) is 5.75 Å². The van der Waals surface area contributed by atoms with Gasteiger partial charge in [0.1, 0.15) is 11.3 Å². The van der Waals surface area contributed by atoms with Crippen molar-refractivity contribution < 1.29 is 27.8 Å². The number of rotatable bonds is 3. The smallest absolute Gasteiger partial charge is 0.399 e. The summed E-state index contributed by atoms with van der Waals surface area (Å²) in [7, 11) is 1.36. The Bertz CT molecular complexity index is 705. The molecule has 0 radical (unpaired) electrons. The van der Waals surface area contributed by atoms with E-state index < -0.39 is 23.1 Å². The molecule has 0 aliphatic heterocycles. The number of carbonyl (C=O) groups is 1. The van der Waals surface area contributed by atoms with E-state index in [1.165, 1.54) is 25.3 Å². The second kappa shape index (κ2) is 4.34. The van der Waals surface area contributed by atoms with Crippen molar-refractivity contribution in [3.63, 3.8) is 0 Å². The normalized spacial score (nSPS) is 11.5. The fourth-order valence-electron chi connectivity index (χ4n) is 1.52. The summed E-state index contributed by atoms with van der Waals surface area (Å²) in [5.41, 5.74) is -0.914. The Morgan fingerprint density at radius 1 is 1.37 bits per heavy atom. The Hall–Kier alpha value is -2.44. The van der Waals surface area contributed by atoms with E-state index in [0.29, 0.717) is 11.8 Å². The molecule has 19 heavy (non-hydrogen) atoms. The molecular weight excluding hydrogens is 262 g/mol. The highest BCUT2D eigenvalue weighted by atomic mass is 19.3. The summed E-state index contributed by atoms with van der Waals surface area (Å²) in [5.74, 6) is -7.58. The van der Waals surface area contributed by atoms with E-state index >= 15 is 0 Å². The molecule has 7 heteroatoms. The molecule has 5 nitrogen and oxygen atoms in total. The lowest BCUT2D eigenvalue weighted by molar-refractivity contribution is -0.168. The van der Waals surface area contributed by atoms with Crippen molar-refractivity contribution in [2.75, 3.05) is 7.11 Å². The van der Waals surface area contributed by atoms with Crippen LogP contribution < -0.4 is 10.2 Å². The average molecular weight is 270 g/mol. The van der Waals surface area contributed by atoms with Gasteiger partial charge in [-0.25, -0.2) is 4.79 Å². The van der Waals surface area contributed by atoms with E-state index in [1.807, 2.05) is 0 Å². The maximum atomic E-state index is 13.3. The molecule has 0 unspecified atom stereocenters. The first-order chi connectivity index (χ1) is 8.86. The fraction of sp³-hybridized carbons (Fsp3) is 0.167. The highest BCUT2D eigenvalue weighted by molar-refractivity contribution is 5.80. The van der Waals surface area contributed by atoms with Gasteiger partial charge in [-0.05, 0) is 12.1 Å². The van der Waals surface area contributed by atoms with Gasteiger partial charge in [-0.2, -0.15) is 8.78 Å². The molecule has 1 aromatic carbocycles. The molecule has 0 saturated heterocycles. The van der Waals surface area contributed by atoms with Gasteiger partial charge in [0.2, 0.25) is 0 Å². The van der Waals surface area contributed by atoms with Crippen LogP contribution in [0.5, 0.6) is 5.75 Å². The summed E-state index contributed by atoms with van der Waals surface area (Å²) in [5, 5.41) is 8.48. The summed E-state index contributed by atoms with van der Waals surface area (Å²) in [6, 6.07) is 4.53. The number of halogens is 2. The molecule has 0 fully saturated rings. The molecule has 0 amide bonds. The molecule has 0 bridgehead atoms. The second-order valence-corrected chi connectivity index (χ2v) is 3.72. The minimum atomic E-state index is -4.27. The van der Waals surface area contributed by atoms with E-state index in [1.54, 1.807) is 0 Å². The Kier molecular flexibility index (Phi) is 2.97. The third kappa shape index (κ3) is 2.14. The number of fused-ring (bicyclic) bond motifs is 1. The van der Waals surface area contributed by atoms with E-state index in [4.69, 9.17) is 14.3 Å². The van der Waals surface area contributed by atoms with Gasteiger partial charge in [0.15, 0.2) is 11.2 Å². The maximum Gasteiger partial charge on any atom is 0.399 e. The van der Waals surface area contributed by atoms with Crippen LogP contribution in [0.1, 0.15) is 5.76 Å². The maximum absolute atomic E-state index is 13.3. The molecule has 1 N–H and O–H groups in total. The predicted molar refractivity (Wildman–Crippen MR) is 60.6 cm³/mol. The quantitative estimate of drug-likeness (QED) is 0.922. The largest absolute Gasteiger partial charge is 0.497 e. The fourth-order valence-corrected chi connectivity index (χ4v) is 1.52. The number of alkyl halides is 2. The van der Waals surface area contributed by atoms with Gasteiger partial charge in [-0.15, -0.1) is 0 Å². The van der Waals surface area contributed by atoms with Crippen molar-refractivity contribution in [2.24, 2.45) is 0 Å². The van der Waals surface area contributed by atoms with Crippen LogP contribution in [0.4, 0.5) is 8.78 Å². The van der Waals surface area contributed by atoms with E-state index in [2.05, 4.69) is 0 Å². The lowest BCUT2D eigenvalue weighted by Crippen LogP contribution is -2.26. The molecule has 0 saturated carbocycles. The molecule has 0 aliphatic rings. The SMILES string of the molecule is COc1ccc2c(=O)cc(C(F)(F)C(=O)O)oc2c1. The highest BCUT2D eigenvalue weighted by Gasteiger charge is 2.44. The molecule has 2 aromatic rings. The number of hydrogen-bond acceptors (Lipinski definition) is 4. The summed E-state index contributed by atoms with van der Waals surface area (Å²) >= 11 is 0. The van der Waals surface area contributed by atoms with Crippen LogP contribution in [0, 0.1) is 0 Å². The Labute approximate surface area is 105 Å². The number of carboxylic acid groups (broad SMARTS) is 1. The number of hydrogen-bond donors (Lipinski definition) is 1. The monoisotopic (exact) mass is 270 g/mol. The van der Waals surface area contributed by atoms with E-state index in [9.17, 15) is 18.4 Å². The van der Waals surface area contributed by atoms with Crippen LogP contribution in [-0.4, -0.2) is 18.2 Å². The van der Waals surface area contributed by atoms with Crippen LogP contribution in [0.3, 0.4) is 0 Å². The van der Waals surface area contributed by atoms with Gasteiger partial charge in [0.25, 0.3) is 0 Å². The molecule has 2 rings (SSSR count). The van der Waals surface area contributed by atoms with Gasteiger partial charge in [0.05, 0.1) is 12.5 Å². The van der Waals surface area contributed by atoms with Crippen LogP contribution in [0.2, 0.25) is 0 Å². The van der Waals surface area contributed by atoms with Gasteiger partial charge in [-0.1, -0.05) is 0 Å². The van der Waals surface area contributed by atoms with Crippen LogP contribution >= 0.6 is 0 Å². The molecule has 0 atom stereocenters. The standard InChI is InChI=1S/C12H8F2O5/c1-18-6-2-3-7-8(15)5-10(19-9(7)4-6)12(13,14)11(16)17/h2-5H,1H3,(H,16,17).